The molecule has 2 N–H and O–H groups in total. The summed E-state index contributed by atoms with van der Waals surface area (Å²) in [6, 6.07) is 19.7. The van der Waals surface area contributed by atoms with Crippen LogP contribution in [0.25, 0.3) is 27.7 Å². The summed E-state index contributed by atoms with van der Waals surface area (Å²) < 4.78 is 7.82. The van der Waals surface area contributed by atoms with Crippen LogP contribution in [0.4, 0.5) is 5.82 Å². The molecule has 1 aliphatic rings. The minimum Gasteiger partial charge on any atom is -0.439 e. The Balaban J connectivity index is 1.38. The Morgan fingerprint density at radius 2 is 1.83 bits per heavy atom. The molecule has 176 valence electrons. The maximum atomic E-state index is 6.33. The summed E-state index contributed by atoms with van der Waals surface area (Å²) in [6.45, 7) is 1.09. The van der Waals surface area contributed by atoms with Gasteiger partial charge >= 0.3 is 0 Å². The number of fused-ring (bicyclic) bond motifs is 2. The van der Waals surface area contributed by atoms with E-state index in [0.29, 0.717) is 23.5 Å². The number of hydrogen-bond acceptors (Lipinski definition) is 7. The number of para-hydroxylation sites is 1. The Morgan fingerprint density at radius 3 is 2.63 bits per heavy atom. The number of pyridine rings is 1. The Morgan fingerprint density at radius 1 is 1.03 bits per heavy atom. The largest absolute Gasteiger partial charge is 0.439 e. The zero-order valence-corrected chi connectivity index (χ0v) is 19.8. The fourth-order valence-corrected chi connectivity index (χ4v) is 4.97. The lowest BCUT2D eigenvalue weighted by molar-refractivity contribution is 0.193. The SMILES string of the molecule is CN(C)CC1CC(c2nc(-c3ccc4ccc(Oc5ccccc5)nc4c3)c3c(N)ncnn23)C1. The normalized spacial score (nSPS) is 17.7. The molecule has 0 amide bonds. The molecule has 1 saturated carbocycles. The minimum absolute atomic E-state index is 0.361. The third kappa shape index (κ3) is 4.06. The monoisotopic (exact) mass is 465 g/mol. The van der Waals surface area contributed by atoms with Gasteiger partial charge in [0.15, 0.2) is 5.82 Å². The van der Waals surface area contributed by atoms with Gasteiger partial charge in [-0.05, 0) is 57.1 Å². The second kappa shape index (κ2) is 8.63. The molecule has 3 heterocycles. The highest BCUT2D eigenvalue weighted by atomic mass is 16.5. The number of anilines is 1. The molecule has 8 nitrogen and oxygen atoms in total. The van der Waals surface area contributed by atoms with Crippen LogP contribution in [0, 0.1) is 5.92 Å². The Labute approximate surface area is 203 Å². The fraction of sp³-hybridized carbons (Fsp3) is 0.259. The van der Waals surface area contributed by atoms with Crippen molar-refractivity contribution >= 4 is 22.2 Å². The zero-order valence-electron chi connectivity index (χ0n) is 19.8. The highest BCUT2D eigenvalue weighted by molar-refractivity contribution is 5.90. The van der Waals surface area contributed by atoms with Crippen LogP contribution >= 0.6 is 0 Å². The topological polar surface area (TPSA) is 94.5 Å². The van der Waals surface area contributed by atoms with Crippen molar-refractivity contribution in [2.45, 2.75) is 18.8 Å². The van der Waals surface area contributed by atoms with Crippen LogP contribution < -0.4 is 10.5 Å². The average molecular weight is 466 g/mol. The number of nitrogens with zero attached hydrogens (tertiary/aromatic N) is 6. The van der Waals surface area contributed by atoms with Gasteiger partial charge in [-0.1, -0.05) is 30.3 Å². The van der Waals surface area contributed by atoms with E-state index >= 15 is 0 Å². The van der Waals surface area contributed by atoms with Crippen LogP contribution in [-0.4, -0.2) is 50.1 Å². The summed E-state index contributed by atoms with van der Waals surface area (Å²) >= 11 is 0. The van der Waals surface area contributed by atoms with E-state index in [0.717, 1.165) is 58.6 Å². The van der Waals surface area contributed by atoms with Gasteiger partial charge in [-0.15, -0.1) is 0 Å². The maximum absolute atomic E-state index is 6.33. The number of aromatic nitrogens is 5. The highest BCUT2D eigenvalue weighted by Crippen LogP contribution is 2.43. The lowest BCUT2D eigenvalue weighted by Crippen LogP contribution is -2.32. The maximum Gasteiger partial charge on any atom is 0.219 e. The molecule has 3 aromatic heterocycles. The molecule has 0 aliphatic heterocycles. The van der Waals surface area contributed by atoms with Gasteiger partial charge in [-0.25, -0.2) is 19.5 Å². The first-order valence-electron chi connectivity index (χ1n) is 11.8. The zero-order chi connectivity index (χ0) is 23.9. The third-order valence-electron chi connectivity index (χ3n) is 6.62. The van der Waals surface area contributed by atoms with Crippen LogP contribution in [-0.2, 0) is 0 Å². The molecule has 0 radical (unpaired) electrons. The lowest BCUT2D eigenvalue weighted by atomic mass is 9.74. The van der Waals surface area contributed by atoms with Gasteiger partial charge in [0, 0.05) is 29.5 Å². The van der Waals surface area contributed by atoms with E-state index in [2.05, 4.69) is 35.1 Å². The fourth-order valence-electron chi connectivity index (χ4n) is 4.97. The van der Waals surface area contributed by atoms with Crippen molar-refractivity contribution in [3.8, 4) is 22.9 Å². The van der Waals surface area contributed by atoms with E-state index in [9.17, 15) is 0 Å². The first-order valence-corrected chi connectivity index (χ1v) is 11.8. The second-order valence-corrected chi connectivity index (χ2v) is 9.49. The molecule has 1 fully saturated rings. The molecule has 0 bridgehead atoms. The van der Waals surface area contributed by atoms with E-state index in [1.54, 1.807) is 0 Å². The molecule has 0 unspecified atom stereocenters. The quantitative estimate of drug-likeness (QED) is 0.386. The first kappa shape index (κ1) is 21.5. The Bertz CT molecular complexity index is 1510. The molecule has 1 aliphatic carbocycles. The number of hydrogen-bond donors (Lipinski definition) is 1. The summed E-state index contributed by atoms with van der Waals surface area (Å²) in [7, 11) is 4.24. The summed E-state index contributed by atoms with van der Waals surface area (Å²) in [5, 5.41) is 5.54. The van der Waals surface area contributed by atoms with Crippen LogP contribution in [0.1, 0.15) is 24.6 Å². The van der Waals surface area contributed by atoms with Crippen LogP contribution in [0.2, 0.25) is 0 Å². The lowest BCUT2D eigenvalue weighted by Gasteiger charge is -2.35. The van der Waals surface area contributed by atoms with Gasteiger partial charge in [-0.3, -0.25) is 0 Å². The third-order valence-corrected chi connectivity index (χ3v) is 6.62. The molecule has 2 aromatic carbocycles. The first-order chi connectivity index (χ1) is 17.0. The number of benzene rings is 2. The summed E-state index contributed by atoms with van der Waals surface area (Å²) in [6.07, 6.45) is 3.70. The highest BCUT2D eigenvalue weighted by Gasteiger charge is 2.35. The van der Waals surface area contributed by atoms with Crippen molar-refractivity contribution in [1.29, 1.82) is 0 Å². The summed E-state index contributed by atoms with van der Waals surface area (Å²) in [4.78, 5) is 16.3. The number of imidazole rings is 1. The standard InChI is InChI=1S/C27H27N7O/c1-33(2)15-17-12-20(13-17)27-32-24(25-26(28)29-16-30-34(25)27)19-9-8-18-10-11-23(31-22(18)14-19)35-21-6-4-3-5-7-21/h3-11,14,16-17,20H,12-13,15H2,1-2H3,(H2,28,29,30). The summed E-state index contributed by atoms with van der Waals surface area (Å²) in [5.74, 6) is 3.71. The van der Waals surface area contributed by atoms with Crippen LogP contribution in [0.5, 0.6) is 11.6 Å². The predicted molar refractivity (Wildman–Crippen MR) is 136 cm³/mol. The van der Waals surface area contributed by atoms with Crippen molar-refractivity contribution in [3.05, 3.63) is 72.8 Å². The molecule has 5 aromatic rings. The van der Waals surface area contributed by atoms with Gasteiger partial charge in [0.1, 0.15) is 29.1 Å². The van der Waals surface area contributed by atoms with Crippen molar-refractivity contribution in [3.63, 3.8) is 0 Å². The van der Waals surface area contributed by atoms with E-state index in [-0.39, 0.29) is 0 Å². The number of nitrogen functional groups attached to an aromatic ring is 1. The van der Waals surface area contributed by atoms with Crippen LogP contribution in [0.3, 0.4) is 0 Å². The van der Waals surface area contributed by atoms with Gasteiger partial charge in [-0.2, -0.15) is 5.10 Å². The molecule has 0 atom stereocenters. The second-order valence-electron chi connectivity index (χ2n) is 9.49. The number of ether oxygens (including phenoxy) is 1. The average Bonchev–Trinajstić information content (AvgIpc) is 3.22. The molecular weight excluding hydrogens is 438 g/mol. The van der Waals surface area contributed by atoms with Gasteiger partial charge < -0.3 is 15.4 Å². The molecule has 0 spiro atoms. The van der Waals surface area contributed by atoms with Gasteiger partial charge in [0.05, 0.1) is 5.52 Å². The molecular formula is C27H27N7O. The number of nitrogens with two attached hydrogens (primary N) is 1. The molecule has 35 heavy (non-hydrogen) atoms. The van der Waals surface area contributed by atoms with E-state index in [1.807, 2.05) is 59.1 Å². The smallest absolute Gasteiger partial charge is 0.219 e. The Kier molecular flexibility index (Phi) is 5.30. The molecule has 6 rings (SSSR count). The Hall–Kier alpha value is -4.04. The van der Waals surface area contributed by atoms with E-state index in [4.69, 9.17) is 20.4 Å². The van der Waals surface area contributed by atoms with Crippen molar-refractivity contribution in [2.24, 2.45) is 5.92 Å². The van der Waals surface area contributed by atoms with Crippen molar-refractivity contribution in [1.82, 2.24) is 29.5 Å². The molecule has 8 heteroatoms. The van der Waals surface area contributed by atoms with Gasteiger partial charge in [0.2, 0.25) is 5.88 Å². The summed E-state index contributed by atoms with van der Waals surface area (Å²) in [5.41, 5.74) is 9.61. The van der Waals surface area contributed by atoms with E-state index < -0.39 is 0 Å². The van der Waals surface area contributed by atoms with E-state index in [1.165, 1.54) is 6.33 Å². The van der Waals surface area contributed by atoms with Gasteiger partial charge in [0.25, 0.3) is 0 Å². The predicted octanol–water partition coefficient (Wildman–Crippen LogP) is 4.77. The van der Waals surface area contributed by atoms with Crippen molar-refractivity contribution < 1.29 is 4.74 Å². The number of rotatable bonds is 6. The minimum atomic E-state index is 0.361. The molecule has 0 saturated heterocycles. The van der Waals surface area contributed by atoms with Crippen LogP contribution in [0.15, 0.2) is 67.0 Å². The van der Waals surface area contributed by atoms with Crippen molar-refractivity contribution in [2.75, 3.05) is 26.4 Å².